The van der Waals surface area contributed by atoms with Gasteiger partial charge >= 0.3 is 0 Å². The first-order valence-electron chi connectivity index (χ1n) is 5.78. The molecule has 1 aromatic rings. The number of aliphatic hydroxyl groups excluding tert-OH is 1. The highest BCUT2D eigenvalue weighted by Gasteiger charge is 2.06. The molecular weight excluding hydrogens is 218 g/mol. The summed E-state index contributed by atoms with van der Waals surface area (Å²) in [5.74, 6) is 2.24. The van der Waals surface area contributed by atoms with Crippen LogP contribution in [0.2, 0.25) is 0 Å². The summed E-state index contributed by atoms with van der Waals surface area (Å²) in [5, 5.41) is 12.6. The van der Waals surface area contributed by atoms with Crippen molar-refractivity contribution in [3.63, 3.8) is 0 Å². The molecule has 1 unspecified atom stereocenters. The van der Waals surface area contributed by atoms with E-state index in [-0.39, 0.29) is 12.6 Å². The summed E-state index contributed by atoms with van der Waals surface area (Å²) in [4.78, 5) is 0. The van der Waals surface area contributed by atoms with Gasteiger partial charge in [0.05, 0.1) is 6.61 Å². The van der Waals surface area contributed by atoms with Gasteiger partial charge in [0.1, 0.15) is 0 Å². The average molecular weight is 239 g/mol. The van der Waals surface area contributed by atoms with Crippen LogP contribution in [0.5, 0.6) is 0 Å². The number of rotatable bonds is 7. The van der Waals surface area contributed by atoms with Crippen molar-refractivity contribution in [3.8, 4) is 0 Å². The topological polar surface area (TPSA) is 32.3 Å². The molecule has 0 saturated heterocycles. The third-order valence-corrected chi connectivity index (χ3v) is 3.36. The number of hydrogen-bond acceptors (Lipinski definition) is 3. The molecule has 0 radical (unpaired) electrons. The molecule has 2 nitrogen and oxygen atoms in total. The van der Waals surface area contributed by atoms with E-state index in [1.165, 1.54) is 5.56 Å². The van der Waals surface area contributed by atoms with Gasteiger partial charge in [-0.25, -0.2) is 0 Å². The Morgan fingerprint density at radius 1 is 1.44 bits per heavy atom. The number of hydrogen-bond donors (Lipinski definition) is 2. The van der Waals surface area contributed by atoms with Gasteiger partial charge in [-0.3, -0.25) is 0 Å². The highest BCUT2D eigenvalue weighted by molar-refractivity contribution is 7.99. The molecule has 1 atom stereocenters. The van der Waals surface area contributed by atoms with Crippen LogP contribution in [0.4, 0.5) is 5.69 Å². The molecule has 3 heteroatoms. The third kappa shape index (κ3) is 4.90. The normalized spacial score (nSPS) is 12.4. The van der Waals surface area contributed by atoms with E-state index in [9.17, 15) is 5.11 Å². The number of aliphatic hydroxyl groups is 1. The number of thioether (sulfide) groups is 1. The number of anilines is 1. The monoisotopic (exact) mass is 239 g/mol. The molecule has 16 heavy (non-hydrogen) atoms. The minimum atomic E-state index is 0.167. The fraction of sp³-hybridized carbons (Fsp3) is 0.538. The van der Waals surface area contributed by atoms with Gasteiger partial charge in [-0.15, -0.1) is 0 Å². The van der Waals surface area contributed by atoms with E-state index in [1.54, 1.807) is 0 Å². The first-order valence-corrected chi connectivity index (χ1v) is 6.93. The van der Waals surface area contributed by atoms with Gasteiger partial charge in [0.2, 0.25) is 0 Å². The molecule has 90 valence electrons. The summed E-state index contributed by atoms with van der Waals surface area (Å²) in [6.45, 7) is 4.43. The molecule has 0 saturated carbocycles. The van der Waals surface area contributed by atoms with E-state index in [4.69, 9.17) is 0 Å². The lowest BCUT2D eigenvalue weighted by Gasteiger charge is -2.17. The molecule has 0 amide bonds. The van der Waals surface area contributed by atoms with Crippen molar-refractivity contribution in [2.24, 2.45) is 0 Å². The van der Waals surface area contributed by atoms with Crippen molar-refractivity contribution >= 4 is 17.4 Å². The lowest BCUT2D eigenvalue weighted by Crippen LogP contribution is -2.24. The zero-order chi connectivity index (χ0) is 11.8. The predicted molar refractivity (Wildman–Crippen MR) is 73.3 cm³/mol. The highest BCUT2D eigenvalue weighted by Crippen LogP contribution is 2.13. The zero-order valence-electron chi connectivity index (χ0n) is 10.1. The maximum absolute atomic E-state index is 9.28. The van der Waals surface area contributed by atoms with Crippen LogP contribution in [0.1, 0.15) is 18.9 Å². The molecule has 1 rings (SSSR count). The van der Waals surface area contributed by atoms with Gasteiger partial charge in [0, 0.05) is 11.7 Å². The van der Waals surface area contributed by atoms with Crippen molar-refractivity contribution in [2.75, 3.05) is 23.4 Å². The van der Waals surface area contributed by atoms with Gasteiger partial charge in [-0.2, -0.15) is 11.8 Å². The highest BCUT2D eigenvalue weighted by atomic mass is 32.2. The molecule has 0 aliphatic heterocycles. The Hall–Kier alpha value is -0.670. The smallest absolute Gasteiger partial charge is 0.0633 e. The van der Waals surface area contributed by atoms with E-state index < -0.39 is 0 Å². The van der Waals surface area contributed by atoms with Crippen molar-refractivity contribution < 1.29 is 5.11 Å². The molecule has 0 aromatic heterocycles. The third-order valence-electron chi connectivity index (χ3n) is 2.42. The molecule has 0 heterocycles. The van der Waals surface area contributed by atoms with Crippen LogP contribution in [-0.2, 0) is 0 Å². The molecule has 0 aliphatic carbocycles. The van der Waals surface area contributed by atoms with Crippen molar-refractivity contribution in [1.82, 2.24) is 0 Å². The second kappa shape index (κ2) is 7.58. The number of benzene rings is 1. The number of nitrogens with one attached hydrogen (secondary N) is 1. The summed E-state index contributed by atoms with van der Waals surface area (Å²) < 4.78 is 0. The standard InChI is InChI=1S/C13H21NOS/c1-3-16-8-7-13(10-15)14-12-6-4-5-11(2)9-12/h4-6,9,13-15H,3,7-8,10H2,1-2H3. The van der Waals surface area contributed by atoms with Crippen LogP contribution in [0.15, 0.2) is 24.3 Å². The van der Waals surface area contributed by atoms with E-state index in [0.717, 1.165) is 23.6 Å². The largest absolute Gasteiger partial charge is 0.394 e. The second-order valence-corrected chi connectivity index (χ2v) is 5.27. The molecule has 2 N–H and O–H groups in total. The maximum Gasteiger partial charge on any atom is 0.0633 e. The van der Waals surface area contributed by atoms with Gasteiger partial charge in [0.25, 0.3) is 0 Å². The van der Waals surface area contributed by atoms with Gasteiger partial charge in [-0.05, 0) is 42.5 Å². The van der Waals surface area contributed by atoms with Crippen molar-refractivity contribution in [2.45, 2.75) is 26.3 Å². The molecule has 0 bridgehead atoms. The maximum atomic E-state index is 9.28. The fourth-order valence-electron chi connectivity index (χ4n) is 1.55. The Morgan fingerprint density at radius 3 is 2.88 bits per heavy atom. The van der Waals surface area contributed by atoms with Crippen LogP contribution in [0.3, 0.4) is 0 Å². The average Bonchev–Trinajstić information content (AvgIpc) is 2.28. The Kier molecular flexibility index (Phi) is 6.34. The lowest BCUT2D eigenvalue weighted by molar-refractivity contribution is 0.272. The van der Waals surface area contributed by atoms with Crippen LogP contribution in [0, 0.1) is 6.92 Å². The van der Waals surface area contributed by atoms with Crippen LogP contribution in [0.25, 0.3) is 0 Å². The predicted octanol–water partition coefficient (Wildman–Crippen LogP) is 2.91. The van der Waals surface area contributed by atoms with Crippen molar-refractivity contribution in [3.05, 3.63) is 29.8 Å². The SMILES string of the molecule is CCSCCC(CO)Nc1cccc(C)c1. The first kappa shape index (κ1) is 13.4. The summed E-state index contributed by atoms with van der Waals surface area (Å²) in [6, 6.07) is 8.43. The van der Waals surface area contributed by atoms with Gasteiger partial charge in [0.15, 0.2) is 0 Å². The minimum absolute atomic E-state index is 0.167. The van der Waals surface area contributed by atoms with Crippen molar-refractivity contribution in [1.29, 1.82) is 0 Å². The van der Waals surface area contributed by atoms with Gasteiger partial charge < -0.3 is 10.4 Å². The second-order valence-electron chi connectivity index (χ2n) is 3.88. The summed E-state index contributed by atoms with van der Waals surface area (Å²) in [5.41, 5.74) is 2.34. The van der Waals surface area contributed by atoms with Crippen LogP contribution < -0.4 is 5.32 Å². The first-order chi connectivity index (χ1) is 7.76. The van der Waals surface area contributed by atoms with E-state index in [1.807, 2.05) is 23.9 Å². The quantitative estimate of drug-likeness (QED) is 0.718. The lowest BCUT2D eigenvalue weighted by atomic mass is 10.2. The van der Waals surface area contributed by atoms with E-state index in [0.29, 0.717) is 0 Å². The fourth-order valence-corrected chi connectivity index (χ4v) is 2.29. The molecule has 0 spiro atoms. The molecular formula is C13H21NOS. The number of aryl methyl sites for hydroxylation is 1. The molecule has 1 aromatic carbocycles. The minimum Gasteiger partial charge on any atom is -0.394 e. The Morgan fingerprint density at radius 2 is 2.25 bits per heavy atom. The Balaban J connectivity index is 2.43. The summed E-state index contributed by atoms with van der Waals surface area (Å²) in [6.07, 6.45) is 1.00. The molecule has 0 fully saturated rings. The Labute approximate surface area is 102 Å². The summed E-state index contributed by atoms with van der Waals surface area (Å²) in [7, 11) is 0. The van der Waals surface area contributed by atoms with Crippen LogP contribution >= 0.6 is 11.8 Å². The van der Waals surface area contributed by atoms with E-state index in [2.05, 4.69) is 31.3 Å². The zero-order valence-corrected chi connectivity index (χ0v) is 10.9. The van der Waals surface area contributed by atoms with Gasteiger partial charge in [-0.1, -0.05) is 19.1 Å². The molecule has 0 aliphatic rings. The van der Waals surface area contributed by atoms with E-state index >= 15 is 0 Å². The summed E-state index contributed by atoms with van der Waals surface area (Å²) >= 11 is 1.91. The Bertz CT molecular complexity index is 304. The van der Waals surface area contributed by atoms with Crippen LogP contribution in [-0.4, -0.2) is 29.3 Å².